The van der Waals surface area contributed by atoms with Crippen LogP contribution in [0.3, 0.4) is 0 Å². The summed E-state index contributed by atoms with van der Waals surface area (Å²) in [6.45, 7) is 4.26. The molecular weight excluding hydrogens is 238 g/mol. The summed E-state index contributed by atoms with van der Waals surface area (Å²) in [6, 6.07) is 4.24. The third-order valence-electron chi connectivity index (χ3n) is 2.65. The highest BCUT2D eigenvalue weighted by Crippen LogP contribution is 2.33. The number of anilines is 1. The highest BCUT2D eigenvalue weighted by molar-refractivity contribution is 7.23. The predicted molar refractivity (Wildman–Crippen MR) is 70.5 cm³/mol. The van der Waals surface area contributed by atoms with Crippen LogP contribution >= 0.6 is 22.7 Å². The molecule has 1 aliphatic heterocycles. The van der Waals surface area contributed by atoms with Crippen LogP contribution in [0, 0.1) is 0 Å². The van der Waals surface area contributed by atoms with Gasteiger partial charge in [0.25, 0.3) is 0 Å². The van der Waals surface area contributed by atoms with E-state index in [0.717, 1.165) is 31.3 Å². The van der Waals surface area contributed by atoms with E-state index in [-0.39, 0.29) is 0 Å². The SMILES string of the molecule is c1csc(-c2cnc(N3CCNCC3)s2)c1. The van der Waals surface area contributed by atoms with Gasteiger partial charge in [0, 0.05) is 37.3 Å². The molecule has 1 aliphatic rings. The smallest absolute Gasteiger partial charge is 0.185 e. The van der Waals surface area contributed by atoms with Crippen molar-refractivity contribution in [2.24, 2.45) is 0 Å². The van der Waals surface area contributed by atoms with Crippen LogP contribution in [0.5, 0.6) is 0 Å². The minimum Gasteiger partial charge on any atom is -0.346 e. The summed E-state index contributed by atoms with van der Waals surface area (Å²) in [7, 11) is 0. The average Bonchev–Trinajstić information content (AvgIpc) is 3.01. The second-order valence-corrected chi connectivity index (χ2v) is 5.68. The van der Waals surface area contributed by atoms with E-state index in [1.54, 1.807) is 22.7 Å². The summed E-state index contributed by atoms with van der Waals surface area (Å²) in [5.41, 5.74) is 0. The van der Waals surface area contributed by atoms with Crippen molar-refractivity contribution < 1.29 is 0 Å². The van der Waals surface area contributed by atoms with Gasteiger partial charge in [-0.15, -0.1) is 11.3 Å². The first-order valence-corrected chi connectivity index (χ1v) is 7.08. The van der Waals surface area contributed by atoms with Crippen molar-refractivity contribution in [2.75, 3.05) is 31.1 Å². The van der Waals surface area contributed by atoms with Crippen LogP contribution in [0.25, 0.3) is 9.75 Å². The molecule has 2 aromatic heterocycles. The van der Waals surface area contributed by atoms with Crippen LogP contribution < -0.4 is 10.2 Å². The third-order valence-corrected chi connectivity index (χ3v) is 4.77. The maximum Gasteiger partial charge on any atom is 0.185 e. The molecule has 0 atom stereocenters. The van der Waals surface area contributed by atoms with E-state index in [1.165, 1.54) is 9.75 Å². The molecule has 0 aromatic carbocycles. The van der Waals surface area contributed by atoms with Crippen molar-refractivity contribution >= 4 is 27.8 Å². The molecule has 0 bridgehead atoms. The van der Waals surface area contributed by atoms with Crippen molar-refractivity contribution in [2.45, 2.75) is 0 Å². The second-order valence-electron chi connectivity index (χ2n) is 3.72. The van der Waals surface area contributed by atoms with E-state index < -0.39 is 0 Å². The Morgan fingerprint density at radius 2 is 2.12 bits per heavy atom. The Labute approximate surface area is 103 Å². The Hall–Kier alpha value is -0.910. The summed E-state index contributed by atoms with van der Waals surface area (Å²) < 4.78 is 0. The molecule has 16 heavy (non-hydrogen) atoms. The largest absolute Gasteiger partial charge is 0.346 e. The first-order valence-electron chi connectivity index (χ1n) is 5.39. The maximum atomic E-state index is 4.52. The summed E-state index contributed by atoms with van der Waals surface area (Å²) in [5.74, 6) is 0. The zero-order valence-corrected chi connectivity index (χ0v) is 10.5. The molecule has 0 aliphatic carbocycles. The molecule has 84 valence electrons. The van der Waals surface area contributed by atoms with Gasteiger partial charge in [0.15, 0.2) is 5.13 Å². The van der Waals surface area contributed by atoms with Gasteiger partial charge in [-0.05, 0) is 11.4 Å². The van der Waals surface area contributed by atoms with E-state index >= 15 is 0 Å². The Balaban J connectivity index is 1.82. The molecule has 0 amide bonds. The zero-order valence-electron chi connectivity index (χ0n) is 8.85. The molecule has 0 spiro atoms. The number of hydrogen-bond donors (Lipinski definition) is 1. The highest BCUT2D eigenvalue weighted by Gasteiger charge is 2.14. The Morgan fingerprint density at radius 3 is 2.88 bits per heavy atom. The second kappa shape index (κ2) is 4.53. The topological polar surface area (TPSA) is 28.2 Å². The first kappa shape index (κ1) is 10.3. The lowest BCUT2D eigenvalue weighted by molar-refractivity contribution is 0.588. The molecule has 1 fully saturated rings. The van der Waals surface area contributed by atoms with Crippen LogP contribution in [0.15, 0.2) is 23.7 Å². The minimum atomic E-state index is 1.06. The molecule has 5 heteroatoms. The summed E-state index contributed by atoms with van der Waals surface area (Å²) >= 11 is 3.57. The Bertz CT molecular complexity index is 444. The van der Waals surface area contributed by atoms with E-state index in [1.807, 2.05) is 6.20 Å². The molecule has 1 N–H and O–H groups in total. The molecule has 3 heterocycles. The lowest BCUT2D eigenvalue weighted by atomic mass is 10.4. The van der Waals surface area contributed by atoms with Gasteiger partial charge in [-0.1, -0.05) is 17.4 Å². The number of hydrogen-bond acceptors (Lipinski definition) is 5. The predicted octanol–water partition coefficient (Wildman–Crippen LogP) is 2.28. The van der Waals surface area contributed by atoms with Gasteiger partial charge in [0.2, 0.25) is 0 Å². The fourth-order valence-corrected chi connectivity index (χ4v) is 3.59. The van der Waals surface area contributed by atoms with Gasteiger partial charge in [0.1, 0.15) is 0 Å². The van der Waals surface area contributed by atoms with E-state index in [2.05, 4.69) is 32.7 Å². The van der Waals surface area contributed by atoms with Crippen molar-refractivity contribution in [1.29, 1.82) is 0 Å². The Morgan fingerprint density at radius 1 is 1.25 bits per heavy atom. The summed E-state index contributed by atoms with van der Waals surface area (Å²) in [5, 5.41) is 6.62. The first-order chi connectivity index (χ1) is 7.93. The summed E-state index contributed by atoms with van der Waals surface area (Å²) in [6.07, 6.45) is 1.99. The number of nitrogens with zero attached hydrogens (tertiary/aromatic N) is 2. The van der Waals surface area contributed by atoms with E-state index in [4.69, 9.17) is 0 Å². The fraction of sp³-hybridized carbons (Fsp3) is 0.364. The number of thiazole rings is 1. The van der Waals surface area contributed by atoms with E-state index in [9.17, 15) is 0 Å². The number of aromatic nitrogens is 1. The summed E-state index contributed by atoms with van der Waals surface area (Å²) in [4.78, 5) is 9.48. The van der Waals surface area contributed by atoms with Crippen molar-refractivity contribution in [3.05, 3.63) is 23.7 Å². The van der Waals surface area contributed by atoms with Crippen LogP contribution in [0.4, 0.5) is 5.13 Å². The fourth-order valence-electron chi connectivity index (χ4n) is 1.80. The molecule has 0 radical (unpaired) electrons. The van der Waals surface area contributed by atoms with Crippen LogP contribution in [0.1, 0.15) is 0 Å². The lowest BCUT2D eigenvalue weighted by Gasteiger charge is -2.26. The van der Waals surface area contributed by atoms with Gasteiger partial charge in [0.05, 0.1) is 4.88 Å². The third kappa shape index (κ3) is 1.98. The van der Waals surface area contributed by atoms with Gasteiger partial charge in [-0.25, -0.2) is 4.98 Å². The number of rotatable bonds is 2. The molecule has 2 aromatic rings. The number of piperazine rings is 1. The molecule has 0 unspecified atom stereocenters. The van der Waals surface area contributed by atoms with Gasteiger partial charge >= 0.3 is 0 Å². The monoisotopic (exact) mass is 251 g/mol. The molecule has 3 nitrogen and oxygen atoms in total. The van der Waals surface area contributed by atoms with Gasteiger partial charge in [-0.3, -0.25) is 0 Å². The van der Waals surface area contributed by atoms with Gasteiger partial charge < -0.3 is 10.2 Å². The molecule has 3 rings (SSSR count). The zero-order chi connectivity index (χ0) is 10.8. The lowest BCUT2D eigenvalue weighted by Crippen LogP contribution is -2.43. The molecule has 0 saturated carbocycles. The van der Waals surface area contributed by atoms with Crippen molar-refractivity contribution in [3.63, 3.8) is 0 Å². The van der Waals surface area contributed by atoms with Crippen molar-refractivity contribution in [1.82, 2.24) is 10.3 Å². The van der Waals surface area contributed by atoms with Gasteiger partial charge in [-0.2, -0.15) is 0 Å². The van der Waals surface area contributed by atoms with Crippen LogP contribution in [0.2, 0.25) is 0 Å². The standard InChI is InChI=1S/C11H13N3S2/c1-2-9(15-7-1)10-8-13-11(16-10)14-5-3-12-4-6-14/h1-2,7-8,12H,3-6H2. The normalized spacial score (nSPS) is 16.6. The molecular formula is C11H13N3S2. The quantitative estimate of drug-likeness (QED) is 0.887. The number of thiophene rings is 1. The maximum absolute atomic E-state index is 4.52. The van der Waals surface area contributed by atoms with Crippen molar-refractivity contribution in [3.8, 4) is 9.75 Å². The highest BCUT2D eigenvalue weighted by atomic mass is 32.1. The van der Waals surface area contributed by atoms with Crippen LogP contribution in [-0.4, -0.2) is 31.2 Å². The number of nitrogens with one attached hydrogen (secondary N) is 1. The average molecular weight is 251 g/mol. The van der Waals surface area contributed by atoms with E-state index in [0.29, 0.717) is 0 Å². The minimum absolute atomic E-state index is 1.06. The Kier molecular flexibility index (Phi) is 2.90. The molecule has 1 saturated heterocycles. The van der Waals surface area contributed by atoms with Crippen LogP contribution in [-0.2, 0) is 0 Å².